The third-order valence-corrected chi connectivity index (χ3v) is 5.00. The Morgan fingerprint density at radius 2 is 1.90 bits per heavy atom. The standard InChI is InChI=1S/C21H23N5O.CH2O2/c1-16-14-25(21(27)10-9-18-8-5-11-22-13-18)15-20-24-23-19(26(16)20)12-17-6-3-2-4-7-17;2-1-3/h2-8,11,13,16H,9-10,12,14-15H2,1H3;1H,(H,2,3)/t16-;/m0./s1. The Balaban J connectivity index is 0.000000806. The van der Waals surface area contributed by atoms with Crippen molar-refractivity contribution >= 4 is 12.4 Å². The molecule has 0 aliphatic carbocycles. The van der Waals surface area contributed by atoms with Gasteiger partial charge >= 0.3 is 0 Å². The molecule has 1 N–H and O–H groups in total. The Morgan fingerprint density at radius 3 is 2.60 bits per heavy atom. The zero-order chi connectivity index (χ0) is 21.3. The summed E-state index contributed by atoms with van der Waals surface area (Å²) in [6.07, 6.45) is 5.52. The number of hydrogen-bond acceptors (Lipinski definition) is 5. The summed E-state index contributed by atoms with van der Waals surface area (Å²) in [5.41, 5.74) is 2.30. The number of benzene rings is 1. The largest absolute Gasteiger partial charge is 0.483 e. The van der Waals surface area contributed by atoms with Crippen LogP contribution < -0.4 is 0 Å². The third-order valence-electron chi connectivity index (χ3n) is 5.00. The van der Waals surface area contributed by atoms with Gasteiger partial charge in [0.25, 0.3) is 6.47 Å². The first kappa shape index (κ1) is 21.2. The molecule has 1 aliphatic rings. The fourth-order valence-electron chi connectivity index (χ4n) is 3.66. The van der Waals surface area contributed by atoms with Gasteiger partial charge in [0, 0.05) is 31.8 Å². The van der Waals surface area contributed by atoms with Crippen LogP contribution in [0.1, 0.15) is 42.2 Å². The van der Waals surface area contributed by atoms with E-state index in [9.17, 15) is 4.79 Å². The first-order valence-corrected chi connectivity index (χ1v) is 9.83. The van der Waals surface area contributed by atoms with E-state index in [1.54, 1.807) is 6.20 Å². The molecule has 0 radical (unpaired) electrons. The monoisotopic (exact) mass is 407 g/mol. The quantitative estimate of drug-likeness (QED) is 0.652. The number of fused-ring (bicyclic) bond motifs is 1. The van der Waals surface area contributed by atoms with Crippen LogP contribution in [0.4, 0.5) is 0 Å². The number of aryl methyl sites for hydroxylation is 1. The summed E-state index contributed by atoms with van der Waals surface area (Å²) in [5.74, 6) is 1.99. The minimum Gasteiger partial charge on any atom is -0.483 e. The Morgan fingerprint density at radius 1 is 1.17 bits per heavy atom. The van der Waals surface area contributed by atoms with E-state index < -0.39 is 0 Å². The smallest absolute Gasteiger partial charge is 0.290 e. The van der Waals surface area contributed by atoms with Crippen LogP contribution in [0.25, 0.3) is 0 Å². The summed E-state index contributed by atoms with van der Waals surface area (Å²) in [6, 6.07) is 14.4. The average molecular weight is 407 g/mol. The van der Waals surface area contributed by atoms with Gasteiger partial charge in [0.1, 0.15) is 5.82 Å². The molecule has 0 fully saturated rings. The summed E-state index contributed by atoms with van der Waals surface area (Å²) in [4.78, 5) is 27.0. The van der Waals surface area contributed by atoms with Crippen LogP contribution in [0, 0.1) is 0 Å². The van der Waals surface area contributed by atoms with E-state index in [0.29, 0.717) is 25.9 Å². The number of hydrogen-bond donors (Lipinski definition) is 1. The lowest BCUT2D eigenvalue weighted by molar-refractivity contribution is -0.133. The van der Waals surface area contributed by atoms with Crippen molar-refractivity contribution in [2.75, 3.05) is 6.54 Å². The molecule has 1 amide bonds. The van der Waals surface area contributed by atoms with Crippen molar-refractivity contribution in [2.45, 2.75) is 38.8 Å². The molecule has 0 spiro atoms. The van der Waals surface area contributed by atoms with Gasteiger partial charge in [-0.15, -0.1) is 10.2 Å². The maximum absolute atomic E-state index is 12.7. The van der Waals surface area contributed by atoms with Crippen LogP contribution in [0.2, 0.25) is 0 Å². The molecule has 8 heteroatoms. The van der Waals surface area contributed by atoms with E-state index in [-0.39, 0.29) is 18.4 Å². The molecule has 30 heavy (non-hydrogen) atoms. The van der Waals surface area contributed by atoms with Gasteiger partial charge in [0.15, 0.2) is 5.82 Å². The van der Waals surface area contributed by atoms with Gasteiger partial charge < -0.3 is 14.6 Å². The molecule has 0 bridgehead atoms. The van der Waals surface area contributed by atoms with Gasteiger partial charge in [-0.2, -0.15) is 0 Å². The summed E-state index contributed by atoms with van der Waals surface area (Å²) >= 11 is 0. The van der Waals surface area contributed by atoms with Crippen LogP contribution in [0.3, 0.4) is 0 Å². The second kappa shape index (κ2) is 10.3. The topological polar surface area (TPSA) is 101 Å². The summed E-state index contributed by atoms with van der Waals surface area (Å²) in [6.45, 7) is 3.10. The minimum absolute atomic E-state index is 0.157. The molecule has 0 unspecified atom stereocenters. The molecule has 8 nitrogen and oxygen atoms in total. The Hall–Kier alpha value is -3.55. The molecule has 4 rings (SSSR count). The summed E-state index contributed by atoms with van der Waals surface area (Å²) < 4.78 is 2.19. The van der Waals surface area contributed by atoms with Crippen molar-refractivity contribution in [3.8, 4) is 0 Å². The number of carbonyl (C=O) groups is 2. The van der Waals surface area contributed by atoms with Crippen LogP contribution in [0.15, 0.2) is 54.9 Å². The number of nitrogens with zero attached hydrogens (tertiary/aromatic N) is 5. The molecule has 0 saturated heterocycles. The average Bonchev–Trinajstić information content (AvgIpc) is 3.17. The van der Waals surface area contributed by atoms with Crippen molar-refractivity contribution in [2.24, 2.45) is 0 Å². The summed E-state index contributed by atoms with van der Waals surface area (Å²) in [7, 11) is 0. The number of carbonyl (C=O) groups excluding carboxylic acids is 1. The maximum atomic E-state index is 12.7. The molecule has 1 aromatic carbocycles. The molecule has 0 saturated carbocycles. The molecule has 3 heterocycles. The highest BCUT2D eigenvalue weighted by Crippen LogP contribution is 2.23. The lowest BCUT2D eigenvalue weighted by Crippen LogP contribution is -2.40. The molecule has 1 atom stereocenters. The highest BCUT2D eigenvalue weighted by Gasteiger charge is 2.28. The van der Waals surface area contributed by atoms with Crippen LogP contribution in [0.5, 0.6) is 0 Å². The molecule has 1 aliphatic heterocycles. The van der Waals surface area contributed by atoms with Crippen LogP contribution >= 0.6 is 0 Å². The van der Waals surface area contributed by atoms with Gasteiger partial charge in [0.2, 0.25) is 5.91 Å². The highest BCUT2D eigenvalue weighted by molar-refractivity contribution is 5.76. The van der Waals surface area contributed by atoms with E-state index in [1.807, 2.05) is 41.4 Å². The fourth-order valence-corrected chi connectivity index (χ4v) is 3.66. The SMILES string of the molecule is C[C@H]1CN(C(=O)CCc2cccnc2)Cc2nnc(Cc3ccccc3)n21.O=CO. The second-order valence-electron chi connectivity index (χ2n) is 7.15. The summed E-state index contributed by atoms with van der Waals surface area (Å²) in [5, 5.41) is 15.6. The molecular weight excluding hydrogens is 382 g/mol. The van der Waals surface area contributed by atoms with Gasteiger partial charge in [-0.1, -0.05) is 36.4 Å². The van der Waals surface area contributed by atoms with Crippen molar-refractivity contribution in [1.82, 2.24) is 24.6 Å². The molecule has 3 aromatic rings. The zero-order valence-electron chi connectivity index (χ0n) is 16.9. The Bertz CT molecular complexity index is 959. The van der Waals surface area contributed by atoms with E-state index in [4.69, 9.17) is 9.90 Å². The maximum Gasteiger partial charge on any atom is 0.290 e. The molecular formula is C22H25N5O3. The van der Waals surface area contributed by atoms with E-state index in [1.165, 1.54) is 5.56 Å². The van der Waals surface area contributed by atoms with E-state index in [2.05, 4.69) is 38.8 Å². The van der Waals surface area contributed by atoms with Gasteiger partial charge in [0.05, 0.1) is 12.6 Å². The lowest BCUT2D eigenvalue weighted by Gasteiger charge is -2.32. The Labute approximate surface area is 175 Å². The Kier molecular flexibility index (Phi) is 7.26. The molecule has 2 aromatic heterocycles. The van der Waals surface area contributed by atoms with Crippen molar-refractivity contribution in [1.29, 1.82) is 0 Å². The number of amides is 1. The first-order chi connectivity index (χ1) is 14.6. The van der Waals surface area contributed by atoms with Gasteiger partial charge in [-0.25, -0.2) is 0 Å². The number of pyridine rings is 1. The van der Waals surface area contributed by atoms with Gasteiger partial charge in [-0.05, 0) is 30.5 Å². The zero-order valence-corrected chi connectivity index (χ0v) is 16.9. The predicted molar refractivity (Wildman–Crippen MR) is 111 cm³/mol. The number of aromatic nitrogens is 4. The predicted octanol–water partition coefficient (Wildman–Crippen LogP) is 2.50. The normalized spacial score (nSPS) is 15.0. The van der Waals surface area contributed by atoms with Crippen LogP contribution in [-0.4, -0.2) is 48.7 Å². The van der Waals surface area contributed by atoms with Crippen molar-refractivity contribution in [3.63, 3.8) is 0 Å². The highest BCUT2D eigenvalue weighted by atomic mass is 16.3. The lowest BCUT2D eigenvalue weighted by atomic mass is 10.1. The van der Waals surface area contributed by atoms with E-state index in [0.717, 1.165) is 23.6 Å². The first-order valence-electron chi connectivity index (χ1n) is 9.83. The minimum atomic E-state index is -0.250. The van der Waals surface area contributed by atoms with Crippen molar-refractivity contribution in [3.05, 3.63) is 77.6 Å². The van der Waals surface area contributed by atoms with Crippen molar-refractivity contribution < 1.29 is 14.7 Å². The second-order valence-corrected chi connectivity index (χ2v) is 7.15. The third kappa shape index (κ3) is 5.28. The number of carboxylic acid groups (broad SMARTS) is 1. The van der Waals surface area contributed by atoms with E-state index >= 15 is 0 Å². The fraction of sp³-hybridized carbons (Fsp3) is 0.318. The number of rotatable bonds is 5. The van der Waals surface area contributed by atoms with Crippen LogP contribution in [-0.2, 0) is 29.0 Å². The van der Waals surface area contributed by atoms with Gasteiger partial charge in [-0.3, -0.25) is 14.6 Å². The molecule has 156 valence electrons.